The van der Waals surface area contributed by atoms with E-state index in [-0.39, 0.29) is 12.5 Å². The Balaban J connectivity index is 1.93. The van der Waals surface area contributed by atoms with E-state index < -0.39 is 5.97 Å². The molecule has 1 fully saturated rings. The Morgan fingerprint density at radius 1 is 1.20 bits per heavy atom. The lowest BCUT2D eigenvalue weighted by Gasteiger charge is -2.17. The van der Waals surface area contributed by atoms with Gasteiger partial charge in [0.05, 0.1) is 6.42 Å². The lowest BCUT2D eigenvalue weighted by atomic mass is 10.0. The fourth-order valence-electron chi connectivity index (χ4n) is 2.38. The topological polar surface area (TPSA) is 69.6 Å². The molecule has 0 aromatic heterocycles. The number of nitrogens with one attached hydrogen (secondary N) is 1. The average molecular weight is 276 g/mol. The zero-order chi connectivity index (χ0) is 14.7. The van der Waals surface area contributed by atoms with Crippen LogP contribution in [0.3, 0.4) is 0 Å². The molecule has 2 atom stereocenters. The third-order valence-corrected chi connectivity index (χ3v) is 3.84. The molecule has 0 bridgehead atoms. The molecule has 2 unspecified atom stereocenters. The SMILES string of the molecule is CC1CN(C(=O)Nc2ccc(CC(=O)O)cc2)CC1C. The third kappa shape index (κ3) is 3.50. The number of urea groups is 1. The van der Waals surface area contributed by atoms with E-state index in [9.17, 15) is 9.59 Å². The molecule has 1 aliphatic rings. The number of amides is 2. The molecular weight excluding hydrogens is 256 g/mol. The summed E-state index contributed by atoms with van der Waals surface area (Å²) in [6.07, 6.45) is -0.00458. The number of carbonyl (C=O) groups is 2. The number of hydrogen-bond donors (Lipinski definition) is 2. The number of carboxylic acids is 1. The predicted octanol–water partition coefficient (Wildman–Crippen LogP) is 2.43. The van der Waals surface area contributed by atoms with E-state index in [0.29, 0.717) is 17.5 Å². The zero-order valence-electron chi connectivity index (χ0n) is 11.8. The molecule has 1 saturated heterocycles. The first-order chi connectivity index (χ1) is 9.45. The lowest BCUT2D eigenvalue weighted by Crippen LogP contribution is -2.33. The van der Waals surface area contributed by atoms with Crippen molar-refractivity contribution in [3.8, 4) is 0 Å². The number of rotatable bonds is 3. The van der Waals surface area contributed by atoms with Crippen LogP contribution in [0, 0.1) is 11.8 Å². The summed E-state index contributed by atoms with van der Waals surface area (Å²) < 4.78 is 0. The van der Waals surface area contributed by atoms with Gasteiger partial charge in [-0.25, -0.2) is 4.79 Å². The Morgan fingerprint density at radius 2 is 1.75 bits per heavy atom. The molecule has 1 aliphatic heterocycles. The summed E-state index contributed by atoms with van der Waals surface area (Å²) in [6, 6.07) is 6.82. The summed E-state index contributed by atoms with van der Waals surface area (Å²) in [6.45, 7) is 5.87. The molecule has 1 heterocycles. The highest BCUT2D eigenvalue weighted by molar-refractivity contribution is 5.89. The highest BCUT2D eigenvalue weighted by Crippen LogP contribution is 2.22. The van der Waals surface area contributed by atoms with E-state index in [0.717, 1.165) is 18.7 Å². The molecule has 2 N–H and O–H groups in total. The zero-order valence-corrected chi connectivity index (χ0v) is 11.8. The highest BCUT2D eigenvalue weighted by Gasteiger charge is 2.29. The van der Waals surface area contributed by atoms with Crippen molar-refractivity contribution in [2.75, 3.05) is 18.4 Å². The molecule has 5 heteroatoms. The Hall–Kier alpha value is -2.04. The second-order valence-electron chi connectivity index (χ2n) is 5.56. The van der Waals surface area contributed by atoms with Gasteiger partial charge in [0.2, 0.25) is 0 Å². The van der Waals surface area contributed by atoms with Gasteiger partial charge in [-0.3, -0.25) is 4.79 Å². The minimum atomic E-state index is -0.859. The number of likely N-dealkylation sites (tertiary alicyclic amines) is 1. The van der Waals surface area contributed by atoms with Gasteiger partial charge in [-0.1, -0.05) is 26.0 Å². The first kappa shape index (κ1) is 14.4. The molecule has 2 rings (SSSR count). The van der Waals surface area contributed by atoms with Crippen molar-refractivity contribution in [2.45, 2.75) is 20.3 Å². The van der Waals surface area contributed by atoms with E-state index >= 15 is 0 Å². The number of anilines is 1. The first-order valence-corrected chi connectivity index (χ1v) is 6.82. The van der Waals surface area contributed by atoms with Crippen molar-refractivity contribution in [3.63, 3.8) is 0 Å². The van der Waals surface area contributed by atoms with Crippen molar-refractivity contribution in [3.05, 3.63) is 29.8 Å². The van der Waals surface area contributed by atoms with Crippen molar-refractivity contribution in [2.24, 2.45) is 11.8 Å². The van der Waals surface area contributed by atoms with Crippen LogP contribution in [-0.2, 0) is 11.2 Å². The van der Waals surface area contributed by atoms with E-state index in [1.54, 1.807) is 24.3 Å². The van der Waals surface area contributed by atoms with Crippen LogP contribution < -0.4 is 5.32 Å². The van der Waals surface area contributed by atoms with Gasteiger partial charge in [0.15, 0.2) is 0 Å². The van der Waals surface area contributed by atoms with Crippen LogP contribution in [0.4, 0.5) is 10.5 Å². The molecule has 1 aromatic rings. The number of carboxylic acid groups (broad SMARTS) is 1. The van der Waals surface area contributed by atoms with Gasteiger partial charge in [-0.15, -0.1) is 0 Å². The average Bonchev–Trinajstić information content (AvgIpc) is 2.71. The molecular formula is C15H20N2O3. The van der Waals surface area contributed by atoms with Gasteiger partial charge >= 0.3 is 12.0 Å². The van der Waals surface area contributed by atoms with E-state index in [2.05, 4.69) is 19.2 Å². The summed E-state index contributed by atoms with van der Waals surface area (Å²) >= 11 is 0. The van der Waals surface area contributed by atoms with Crippen LogP contribution in [0.25, 0.3) is 0 Å². The summed E-state index contributed by atoms with van der Waals surface area (Å²) in [5.74, 6) is 0.194. The molecule has 5 nitrogen and oxygen atoms in total. The van der Waals surface area contributed by atoms with E-state index in [1.165, 1.54) is 0 Å². The normalized spacial score (nSPS) is 21.8. The summed E-state index contributed by atoms with van der Waals surface area (Å²) in [7, 11) is 0. The Morgan fingerprint density at radius 3 is 2.25 bits per heavy atom. The van der Waals surface area contributed by atoms with Crippen LogP contribution in [0.1, 0.15) is 19.4 Å². The Labute approximate surface area is 118 Å². The quantitative estimate of drug-likeness (QED) is 0.890. The maximum Gasteiger partial charge on any atom is 0.321 e. The van der Waals surface area contributed by atoms with Crippen LogP contribution in [0.15, 0.2) is 24.3 Å². The number of hydrogen-bond acceptors (Lipinski definition) is 2. The monoisotopic (exact) mass is 276 g/mol. The Bertz CT molecular complexity index is 488. The third-order valence-electron chi connectivity index (χ3n) is 3.84. The second kappa shape index (κ2) is 5.94. The minimum absolute atomic E-state index is 0.00458. The fraction of sp³-hybridized carbons (Fsp3) is 0.467. The van der Waals surface area contributed by atoms with Gasteiger partial charge in [0, 0.05) is 18.8 Å². The summed E-state index contributed by atoms with van der Waals surface area (Å²) in [5.41, 5.74) is 1.41. The van der Waals surface area contributed by atoms with Crippen LogP contribution in [-0.4, -0.2) is 35.1 Å². The standard InChI is InChI=1S/C15H20N2O3/c1-10-8-17(9-11(10)2)15(20)16-13-5-3-12(4-6-13)7-14(18)19/h3-6,10-11H,7-9H2,1-2H3,(H,16,20)(H,18,19). The van der Waals surface area contributed by atoms with Gasteiger partial charge < -0.3 is 15.3 Å². The minimum Gasteiger partial charge on any atom is -0.481 e. The maximum atomic E-state index is 12.1. The molecule has 108 valence electrons. The largest absolute Gasteiger partial charge is 0.481 e. The maximum absolute atomic E-state index is 12.1. The van der Waals surface area contributed by atoms with Crippen LogP contribution in [0.2, 0.25) is 0 Å². The molecule has 0 spiro atoms. The van der Waals surface area contributed by atoms with Gasteiger partial charge in [0.25, 0.3) is 0 Å². The van der Waals surface area contributed by atoms with Crippen molar-refractivity contribution < 1.29 is 14.7 Å². The highest BCUT2D eigenvalue weighted by atomic mass is 16.4. The molecule has 0 aliphatic carbocycles. The van der Waals surface area contributed by atoms with Crippen molar-refractivity contribution in [1.82, 2.24) is 4.90 Å². The van der Waals surface area contributed by atoms with E-state index in [4.69, 9.17) is 5.11 Å². The molecule has 0 radical (unpaired) electrons. The first-order valence-electron chi connectivity index (χ1n) is 6.82. The molecule has 1 aromatic carbocycles. The molecule has 20 heavy (non-hydrogen) atoms. The van der Waals surface area contributed by atoms with Gasteiger partial charge in [-0.2, -0.15) is 0 Å². The van der Waals surface area contributed by atoms with Crippen molar-refractivity contribution in [1.29, 1.82) is 0 Å². The molecule has 2 amide bonds. The van der Waals surface area contributed by atoms with Gasteiger partial charge in [0.1, 0.15) is 0 Å². The van der Waals surface area contributed by atoms with Gasteiger partial charge in [-0.05, 0) is 29.5 Å². The number of aliphatic carboxylic acids is 1. The smallest absolute Gasteiger partial charge is 0.321 e. The summed E-state index contributed by atoms with van der Waals surface area (Å²) in [4.78, 5) is 24.5. The van der Waals surface area contributed by atoms with Crippen LogP contribution >= 0.6 is 0 Å². The second-order valence-corrected chi connectivity index (χ2v) is 5.56. The molecule has 0 saturated carbocycles. The van der Waals surface area contributed by atoms with E-state index in [1.807, 2.05) is 4.90 Å². The fourth-order valence-corrected chi connectivity index (χ4v) is 2.38. The van der Waals surface area contributed by atoms with Crippen LogP contribution in [0.5, 0.6) is 0 Å². The number of benzene rings is 1. The number of nitrogens with zero attached hydrogens (tertiary/aromatic N) is 1. The Kier molecular flexibility index (Phi) is 4.27. The number of carbonyl (C=O) groups excluding carboxylic acids is 1. The summed E-state index contributed by atoms with van der Waals surface area (Å²) in [5, 5.41) is 11.5. The lowest BCUT2D eigenvalue weighted by molar-refractivity contribution is -0.136. The predicted molar refractivity (Wildman–Crippen MR) is 76.7 cm³/mol. The van der Waals surface area contributed by atoms with Crippen molar-refractivity contribution >= 4 is 17.7 Å².